The minimum absolute atomic E-state index is 0.440. The smallest absolute Gasteiger partial charge is 0.0950 e. The van der Waals surface area contributed by atoms with Crippen LogP contribution in [-0.2, 0) is 6.54 Å². The summed E-state index contributed by atoms with van der Waals surface area (Å²) < 4.78 is 9.03. The molecule has 0 saturated heterocycles. The largest absolute Gasteiger partial charge is 0.351 e. The van der Waals surface area contributed by atoms with Crippen LogP contribution in [0.25, 0.3) is 0 Å². The van der Waals surface area contributed by atoms with Gasteiger partial charge < -0.3 is 9.80 Å². The Kier molecular flexibility index (Phi) is 4.52. The first-order chi connectivity index (χ1) is 12.6. The second-order valence-electron chi connectivity index (χ2n) is 7.91. The number of hydrogen-bond donors (Lipinski definition) is 0. The molecule has 0 radical (unpaired) electrons. The average molecular weight is 350 g/mol. The van der Waals surface area contributed by atoms with E-state index in [2.05, 4.69) is 89.5 Å². The summed E-state index contributed by atoms with van der Waals surface area (Å²) in [6.45, 7) is 17.6. The zero-order valence-corrected chi connectivity index (χ0v) is 17.5. The van der Waals surface area contributed by atoms with Gasteiger partial charge in [-0.1, -0.05) is 35.4 Å². The summed E-state index contributed by atoms with van der Waals surface area (Å²) in [5.74, 6) is 0. The van der Waals surface area contributed by atoms with Crippen LogP contribution in [0.15, 0.2) is 35.7 Å². The monoisotopic (exact) mass is 349 g/mol. The number of anilines is 1. The fraction of sp³-hybridized carbons (Fsp3) is 0.417. The van der Waals surface area contributed by atoms with E-state index < -0.39 is 6.64 Å². The predicted molar refractivity (Wildman–Crippen MR) is 113 cm³/mol. The van der Waals surface area contributed by atoms with Gasteiger partial charge in [-0.05, 0) is 83.2 Å². The Morgan fingerprint density at radius 3 is 1.69 bits per heavy atom. The second-order valence-corrected chi connectivity index (χ2v) is 7.91. The topological polar surface area (TPSA) is 6.48 Å². The van der Waals surface area contributed by atoms with E-state index >= 15 is 0 Å². The van der Waals surface area contributed by atoms with Gasteiger partial charge in [0, 0.05) is 23.6 Å². The number of hydrogen-bond acceptors (Lipinski definition) is 2. The van der Waals surface area contributed by atoms with Crippen molar-refractivity contribution in [2.75, 3.05) is 11.5 Å². The summed E-state index contributed by atoms with van der Waals surface area (Å²) in [5, 5.41) is 0. The SMILES string of the molecule is [2H]C1N(Cc2c(C)cc(C)cc2C)C(C)=C(C)N1c1c(C)cc(C)cc1C. The highest BCUT2D eigenvalue weighted by molar-refractivity contribution is 5.64. The lowest BCUT2D eigenvalue weighted by Crippen LogP contribution is -2.28. The van der Waals surface area contributed by atoms with Crippen molar-refractivity contribution >= 4 is 5.69 Å². The van der Waals surface area contributed by atoms with Crippen LogP contribution in [0.5, 0.6) is 0 Å². The minimum atomic E-state index is -0.440. The Balaban J connectivity index is 2.01. The third-order valence-electron chi connectivity index (χ3n) is 5.62. The number of nitrogens with zero attached hydrogens (tertiary/aromatic N) is 2. The molecule has 0 bridgehead atoms. The quantitative estimate of drug-likeness (QED) is 0.663. The van der Waals surface area contributed by atoms with E-state index in [1.807, 2.05) is 0 Å². The van der Waals surface area contributed by atoms with Crippen molar-refractivity contribution in [1.29, 1.82) is 0 Å². The van der Waals surface area contributed by atoms with E-state index in [4.69, 9.17) is 1.37 Å². The van der Waals surface area contributed by atoms with Crippen LogP contribution in [0, 0.1) is 41.5 Å². The summed E-state index contributed by atoms with van der Waals surface area (Å²) in [5.41, 5.74) is 12.5. The van der Waals surface area contributed by atoms with E-state index in [9.17, 15) is 0 Å². The number of benzene rings is 2. The summed E-state index contributed by atoms with van der Waals surface area (Å²) in [4.78, 5) is 4.41. The van der Waals surface area contributed by atoms with Crippen LogP contribution in [0.1, 0.15) is 54.2 Å². The van der Waals surface area contributed by atoms with Gasteiger partial charge in [0.1, 0.15) is 0 Å². The maximum atomic E-state index is 9.03. The lowest BCUT2D eigenvalue weighted by Gasteiger charge is -2.27. The first-order valence-corrected chi connectivity index (χ1v) is 9.42. The van der Waals surface area contributed by atoms with Crippen molar-refractivity contribution < 1.29 is 1.37 Å². The lowest BCUT2D eigenvalue weighted by molar-refractivity contribution is 0.368. The molecule has 0 fully saturated rings. The highest BCUT2D eigenvalue weighted by Gasteiger charge is 2.27. The maximum absolute atomic E-state index is 9.03. The molecule has 0 N–H and O–H groups in total. The Hall–Kier alpha value is -2.22. The van der Waals surface area contributed by atoms with Crippen molar-refractivity contribution in [2.45, 2.75) is 61.9 Å². The first kappa shape index (κ1) is 17.2. The third-order valence-corrected chi connectivity index (χ3v) is 5.62. The predicted octanol–water partition coefficient (Wildman–Crippen LogP) is 6.07. The highest BCUT2D eigenvalue weighted by Crippen LogP contribution is 2.35. The molecule has 0 aromatic heterocycles. The van der Waals surface area contributed by atoms with Gasteiger partial charge in [0.25, 0.3) is 0 Å². The van der Waals surface area contributed by atoms with Crippen molar-refractivity contribution in [3.63, 3.8) is 0 Å². The van der Waals surface area contributed by atoms with Gasteiger partial charge in [-0.15, -0.1) is 0 Å². The molecule has 2 aromatic carbocycles. The first-order valence-electron chi connectivity index (χ1n) is 9.99. The highest BCUT2D eigenvalue weighted by atomic mass is 15.4. The fourth-order valence-electron chi connectivity index (χ4n) is 4.26. The van der Waals surface area contributed by atoms with Crippen molar-refractivity contribution in [2.24, 2.45) is 0 Å². The van der Waals surface area contributed by atoms with Crippen molar-refractivity contribution in [1.82, 2.24) is 4.90 Å². The van der Waals surface area contributed by atoms with Gasteiger partial charge >= 0.3 is 0 Å². The van der Waals surface area contributed by atoms with Gasteiger partial charge in [0.2, 0.25) is 0 Å². The molecular weight excluding hydrogens is 316 g/mol. The molecule has 1 aliphatic heterocycles. The van der Waals surface area contributed by atoms with Gasteiger partial charge in [-0.2, -0.15) is 0 Å². The fourth-order valence-corrected chi connectivity index (χ4v) is 4.26. The molecule has 2 heteroatoms. The van der Waals surface area contributed by atoms with Crippen LogP contribution >= 0.6 is 0 Å². The number of aryl methyl sites for hydroxylation is 6. The molecular formula is C24H32N2. The Morgan fingerprint density at radius 2 is 1.19 bits per heavy atom. The second kappa shape index (κ2) is 6.83. The third kappa shape index (κ3) is 3.25. The molecule has 0 spiro atoms. The molecule has 2 nitrogen and oxygen atoms in total. The molecule has 26 heavy (non-hydrogen) atoms. The standard InChI is InChI=1S/C24H32N2/c1-15-9-17(3)23(18(4)10-15)13-25-14-26(22(8)21(25)7)24-19(5)11-16(2)12-20(24)6/h9-12H,13-14H2,1-8H3/i14D. The molecule has 3 rings (SSSR count). The zero-order chi connectivity index (χ0) is 20.0. The summed E-state index contributed by atoms with van der Waals surface area (Å²) in [7, 11) is 0. The van der Waals surface area contributed by atoms with Gasteiger partial charge in [0.15, 0.2) is 0 Å². The van der Waals surface area contributed by atoms with Crippen LogP contribution in [0.4, 0.5) is 5.69 Å². The van der Waals surface area contributed by atoms with Crippen molar-refractivity contribution in [3.05, 3.63) is 74.6 Å². The van der Waals surface area contributed by atoms with Crippen LogP contribution in [0.2, 0.25) is 0 Å². The molecule has 1 unspecified atom stereocenters. The maximum Gasteiger partial charge on any atom is 0.0950 e. The summed E-state index contributed by atoms with van der Waals surface area (Å²) >= 11 is 0. The minimum Gasteiger partial charge on any atom is -0.351 e. The molecule has 2 aromatic rings. The van der Waals surface area contributed by atoms with E-state index in [0.717, 1.165) is 6.54 Å². The average Bonchev–Trinajstić information content (AvgIpc) is 2.74. The van der Waals surface area contributed by atoms with Crippen LogP contribution in [0.3, 0.4) is 0 Å². The Labute approximate surface area is 160 Å². The summed E-state index contributed by atoms with van der Waals surface area (Å²) in [6, 6.07) is 8.92. The van der Waals surface area contributed by atoms with Crippen molar-refractivity contribution in [3.8, 4) is 0 Å². The van der Waals surface area contributed by atoms with Crippen LogP contribution < -0.4 is 4.90 Å². The molecule has 0 aliphatic carbocycles. The lowest BCUT2D eigenvalue weighted by atomic mass is 9.99. The van der Waals surface area contributed by atoms with Gasteiger partial charge in [-0.25, -0.2) is 0 Å². The summed E-state index contributed by atoms with van der Waals surface area (Å²) in [6.07, 6.45) is 0. The number of rotatable bonds is 3. The van der Waals surface area contributed by atoms with E-state index in [0.29, 0.717) is 0 Å². The molecule has 1 heterocycles. The van der Waals surface area contributed by atoms with Gasteiger partial charge in [0.05, 0.1) is 8.02 Å². The zero-order valence-electron chi connectivity index (χ0n) is 18.5. The molecule has 138 valence electrons. The molecule has 0 amide bonds. The van der Waals surface area contributed by atoms with E-state index in [-0.39, 0.29) is 0 Å². The van der Waals surface area contributed by atoms with Gasteiger partial charge in [-0.3, -0.25) is 0 Å². The molecule has 1 atom stereocenters. The van der Waals surface area contributed by atoms with E-state index in [1.165, 1.54) is 56.0 Å². The Morgan fingerprint density at radius 1 is 0.731 bits per heavy atom. The Bertz CT molecular complexity index is 880. The van der Waals surface area contributed by atoms with Crippen LogP contribution in [-0.4, -0.2) is 11.5 Å². The normalized spacial score (nSPS) is 18.0. The molecule has 1 aliphatic rings. The van der Waals surface area contributed by atoms with E-state index in [1.54, 1.807) is 0 Å². The molecule has 0 saturated carbocycles. The number of allylic oxidation sites excluding steroid dienone is 2.